The average Bonchev–Trinajstić information content (AvgIpc) is 3.43. The van der Waals surface area contributed by atoms with E-state index in [0.717, 1.165) is 22.0 Å². The number of aromatic nitrogens is 5. The topological polar surface area (TPSA) is 88.5 Å². The van der Waals surface area contributed by atoms with Crippen molar-refractivity contribution in [2.45, 2.75) is 19.6 Å². The number of fused-ring (bicyclic) bond motifs is 3. The molecule has 4 aromatic heterocycles. The third-order valence-corrected chi connectivity index (χ3v) is 6.18. The molecule has 0 saturated carbocycles. The van der Waals surface area contributed by atoms with E-state index in [-0.39, 0.29) is 19.3 Å². The molecule has 0 aliphatic heterocycles. The minimum atomic E-state index is -0.234. The number of hydrogen-bond donors (Lipinski definition) is 2. The van der Waals surface area contributed by atoms with Gasteiger partial charge in [-0.25, -0.2) is 4.98 Å². The quantitative estimate of drug-likeness (QED) is 0.388. The van der Waals surface area contributed by atoms with Crippen LogP contribution in [-0.4, -0.2) is 41.0 Å². The zero-order chi connectivity index (χ0) is 22.4. The van der Waals surface area contributed by atoms with Crippen molar-refractivity contribution in [2.75, 3.05) is 6.61 Å². The molecule has 2 N–H and O–H groups in total. The van der Waals surface area contributed by atoms with Crippen LogP contribution >= 0.6 is 23.2 Å². The molecule has 1 aromatic carbocycles. The van der Waals surface area contributed by atoms with Crippen LogP contribution in [0.15, 0.2) is 55.1 Å². The first-order valence-electron chi connectivity index (χ1n) is 10.0. The first kappa shape index (κ1) is 20.9. The van der Waals surface area contributed by atoms with Crippen LogP contribution in [0.2, 0.25) is 10.0 Å². The fraction of sp³-hybridized carbons (Fsp3) is 0.174. The van der Waals surface area contributed by atoms with Crippen LogP contribution < -0.4 is 0 Å². The summed E-state index contributed by atoms with van der Waals surface area (Å²) in [5.41, 5.74) is 4.86. The maximum absolute atomic E-state index is 10.1. The highest BCUT2D eigenvalue weighted by molar-refractivity contribution is 6.39. The minimum absolute atomic E-state index is 0.00308. The van der Waals surface area contributed by atoms with Crippen LogP contribution in [0, 0.1) is 0 Å². The Morgan fingerprint density at radius 1 is 1.06 bits per heavy atom. The van der Waals surface area contributed by atoms with Crippen LogP contribution in [0.1, 0.15) is 18.7 Å². The molecule has 0 amide bonds. The summed E-state index contributed by atoms with van der Waals surface area (Å²) in [5.74, 6) is 0. The molecule has 1 atom stereocenters. The molecule has 5 aromatic rings. The summed E-state index contributed by atoms with van der Waals surface area (Å²) in [7, 11) is 0. The standard InChI is InChI=1S/C23H19Cl2N5O2/c1-13(11-31)30-10-15(9-27-30)14-7-16-19(26-8-14)5-6-29-20(12-32)22(28-23(16)29)21-17(24)3-2-4-18(21)25/h2-10,13,31-32H,11-12H2,1H3. The molecule has 0 saturated heterocycles. The van der Waals surface area contributed by atoms with E-state index in [1.165, 1.54) is 0 Å². The van der Waals surface area contributed by atoms with Crippen molar-refractivity contribution in [1.82, 2.24) is 24.1 Å². The molecule has 0 radical (unpaired) electrons. The van der Waals surface area contributed by atoms with E-state index in [4.69, 9.17) is 28.2 Å². The molecule has 0 bridgehead atoms. The lowest BCUT2D eigenvalue weighted by atomic mass is 10.1. The van der Waals surface area contributed by atoms with Gasteiger partial charge in [0.05, 0.1) is 52.4 Å². The maximum atomic E-state index is 10.1. The number of pyridine rings is 2. The van der Waals surface area contributed by atoms with Gasteiger partial charge in [0.15, 0.2) is 0 Å². The molecule has 0 aliphatic carbocycles. The Morgan fingerprint density at radius 3 is 2.56 bits per heavy atom. The van der Waals surface area contributed by atoms with Gasteiger partial charge in [0.2, 0.25) is 0 Å². The normalized spacial score (nSPS) is 12.7. The first-order valence-corrected chi connectivity index (χ1v) is 10.8. The van der Waals surface area contributed by atoms with E-state index in [0.29, 0.717) is 32.6 Å². The summed E-state index contributed by atoms with van der Waals surface area (Å²) < 4.78 is 3.55. The fourth-order valence-corrected chi connectivity index (χ4v) is 4.37. The SMILES string of the molecule is CC(CO)n1cc(-c2cnc3ccn4c(CO)c(-c5c(Cl)cccc5Cl)nc4c3c2)cn1. The highest BCUT2D eigenvalue weighted by Gasteiger charge is 2.20. The van der Waals surface area contributed by atoms with Crippen LogP contribution in [0.4, 0.5) is 0 Å². The lowest BCUT2D eigenvalue weighted by molar-refractivity contribution is 0.230. The highest BCUT2D eigenvalue weighted by atomic mass is 35.5. The molecule has 4 heterocycles. The summed E-state index contributed by atoms with van der Waals surface area (Å²) in [6, 6.07) is 9.02. The van der Waals surface area contributed by atoms with E-state index < -0.39 is 0 Å². The number of rotatable bonds is 5. The molecular weight excluding hydrogens is 449 g/mol. The molecule has 1 unspecified atom stereocenters. The lowest BCUT2D eigenvalue weighted by Crippen LogP contribution is -2.09. The van der Waals surface area contributed by atoms with Crippen molar-refractivity contribution < 1.29 is 10.2 Å². The zero-order valence-electron chi connectivity index (χ0n) is 17.1. The lowest BCUT2D eigenvalue weighted by Gasteiger charge is -2.07. The van der Waals surface area contributed by atoms with Gasteiger partial charge in [0, 0.05) is 40.7 Å². The molecule has 32 heavy (non-hydrogen) atoms. The van der Waals surface area contributed by atoms with Crippen LogP contribution in [-0.2, 0) is 6.61 Å². The van der Waals surface area contributed by atoms with E-state index in [2.05, 4.69) is 10.1 Å². The third-order valence-electron chi connectivity index (χ3n) is 5.55. The van der Waals surface area contributed by atoms with E-state index in [9.17, 15) is 10.2 Å². The number of halogens is 2. The largest absolute Gasteiger partial charge is 0.394 e. The van der Waals surface area contributed by atoms with E-state index >= 15 is 0 Å². The molecule has 5 rings (SSSR count). The highest BCUT2D eigenvalue weighted by Crippen LogP contribution is 2.37. The molecule has 0 spiro atoms. The summed E-state index contributed by atoms with van der Waals surface area (Å²) in [4.78, 5) is 9.43. The van der Waals surface area contributed by atoms with E-state index in [1.807, 2.05) is 35.9 Å². The van der Waals surface area contributed by atoms with Crippen LogP contribution in [0.5, 0.6) is 0 Å². The molecule has 9 heteroatoms. The number of imidazole rings is 1. The number of aliphatic hydroxyl groups excluding tert-OH is 2. The molecule has 0 fully saturated rings. The predicted octanol–water partition coefficient (Wildman–Crippen LogP) is 4.77. The number of aliphatic hydroxyl groups is 2. The van der Waals surface area contributed by atoms with Crippen molar-refractivity contribution in [2.24, 2.45) is 0 Å². The van der Waals surface area contributed by atoms with Crippen molar-refractivity contribution >= 4 is 39.8 Å². The Bertz CT molecular complexity index is 1440. The average molecular weight is 468 g/mol. The van der Waals surface area contributed by atoms with Gasteiger partial charge in [-0.1, -0.05) is 29.3 Å². The molecular formula is C23H19Cl2N5O2. The van der Waals surface area contributed by atoms with Crippen molar-refractivity contribution in [1.29, 1.82) is 0 Å². The number of benzene rings is 1. The van der Waals surface area contributed by atoms with Gasteiger partial charge in [-0.05, 0) is 31.2 Å². The predicted molar refractivity (Wildman–Crippen MR) is 125 cm³/mol. The third kappa shape index (κ3) is 3.34. The molecule has 0 aliphatic rings. The summed E-state index contributed by atoms with van der Waals surface area (Å²) in [5, 5.41) is 25.6. The van der Waals surface area contributed by atoms with Crippen LogP contribution in [0.3, 0.4) is 0 Å². The van der Waals surface area contributed by atoms with Gasteiger partial charge in [-0.15, -0.1) is 0 Å². The van der Waals surface area contributed by atoms with Gasteiger partial charge < -0.3 is 14.6 Å². The Morgan fingerprint density at radius 2 is 1.84 bits per heavy atom. The molecule has 7 nitrogen and oxygen atoms in total. The Hall–Kier alpha value is -2.97. The second-order valence-electron chi connectivity index (χ2n) is 7.57. The fourth-order valence-electron chi connectivity index (χ4n) is 3.79. The van der Waals surface area contributed by atoms with Gasteiger partial charge in [-0.3, -0.25) is 9.67 Å². The second kappa shape index (κ2) is 8.18. The maximum Gasteiger partial charge on any atom is 0.147 e. The summed E-state index contributed by atoms with van der Waals surface area (Å²) in [6.07, 6.45) is 7.24. The van der Waals surface area contributed by atoms with Crippen molar-refractivity contribution in [3.8, 4) is 22.4 Å². The Balaban J connectivity index is 1.73. The van der Waals surface area contributed by atoms with Gasteiger partial charge in [0.25, 0.3) is 0 Å². The smallest absolute Gasteiger partial charge is 0.147 e. The van der Waals surface area contributed by atoms with Gasteiger partial charge in [-0.2, -0.15) is 5.10 Å². The number of nitrogens with zero attached hydrogens (tertiary/aromatic N) is 5. The van der Waals surface area contributed by atoms with Crippen LogP contribution in [0.25, 0.3) is 38.9 Å². The summed E-state index contributed by atoms with van der Waals surface area (Å²) >= 11 is 12.9. The first-order chi connectivity index (χ1) is 15.5. The van der Waals surface area contributed by atoms with E-state index in [1.54, 1.807) is 35.3 Å². The number of hydrogen-bond acceptors (Lipinski definition) is 5. The Kier molecular flexibility index (Phi) is 5.35. The Labute approximate surface area is 193 Å². The molecule has 162 valence electrons. The second-order valence-corrected chi connectivity index (χ2v) is 8.38. The summed E-state index contributed by atoms with van der Waals surface area (Å²) in [6.45, 7) is 1.66. The van der Waals surface area contributed by atoms with Crippen molar-refractivity contribution in [3.05, 3.63) is 70.9 Å². The van der Waals surface area contributed by atoms with Gasteiger partial charge in [0.1, 0.15) is 5.65 Å². The van der Waals surface area contributed by atoms with Gasteiger partial charge >= 0.3 is 0 Å². The monoisotopic (exact) mass is 467 g/mol. The van der Waals surface area contributed by atoms with Crippen molar-refractivity contribution in [3.63, 3.8) is 0 Å². The zero-order valence-corrected chi connectivity index (χ0v) is 18.6. The minimum Gasteiger partial charge on any atom is -0.394 e.